The fourth-order valence-electron chi connectivity index (χ4n) is 3.88. The van der Waals surface area contributed by atoms with Gasteiger partial charge in [0.15, 0.2) is 0 Å². The maximum absolute atomic E-state index is 12.8. The molecule has 1 fully saturated rings. The van der Waals surface area contributed by atoms with Gasteiger partial charge in [-0.05, 0) is 64.0 Å². The predicted octanol–water partition coefficient (Wildman–Crippen LogP) is 3.35. The van der Waals surface area contributed by atoms with E-state index in [9.17, 15) is 9.59 Å². The lowest BCUT2D eigenvalue weighted by atomic mass is 9.87. The summed E-state index contributed by atoms with van der Waals surface area (Å²) in [5.74, 6) is 0.586. The molecule has 1 saturated heterocycles. The number of rotatable bonds is 4. The first-order valence-corrected chi connectivity index (χ1v) is 10.1. The number of carbonyl (C=O) groups excluding carboxylic acids is 2. The minimum Gasteiger partial charge on any atom is -0.342 e. The summed E-state index contributed by atoms with van der Waals surface area (Å²) >= 11 is 1.64. The fraction of sp³-hybridized carbons (Fsp3) is 0.684. The van der Waals surface area contributed by atoms with Gasteiger partial charge in [0.25, 0.3) is 5.91 Å². The van der Waals surface area contributed by atoms with E-state index in [4.69, 9.17) is 0 Å². The Kier molecular flexibility index (Phi) is 5.59. The van der Waals surface area contributed by atoms with Crippen LogP contribution in [0.4, 0.5) is 0 Å². The molecule has 0 radical (unpaired) electrons. The summed E-state index contributed by atoms with van der Waals surface area (Å²) in [6.45, 7) is 7.38. The lowest BCUT2D eigenvalue weighted by Crippen LogP contribution is -2.41. The van der Waals surface area contributed by atoms with Crippen molar-refractivity contribution in [2.45, 2.75) is 52.4 Å². The van der Waals surface area contributed by atoms with E-state index in [1.54, 1.807) is 11.3 Å². The van der Waals surface area contributed by atoms with E-state index in [-0.39, 0.29) is 11.8 Å². The Morgan fingerprint density at radius 2 is 1.92 bits per heavy atom. The average Bonchev–Trinajstić information content (AvgIpc) is 3.06. The highest BCUT2D eigenvalue weighted by Gasteiger charge is 2.31. The van der Waals surface area contributed by atoms with Crippen molar-refractivity contribution < 1.29 is 9.59 Å². The van der Waals surface area contributed by atoms with Gasteiger partial charge in [0, 0.05) is 37.0 Å². The summed E-state index contributed by atoms with van der Waals surface area (Å²) in [6, 6.07) is 2.05. The number of hydrogen-bond acceptors (Lipinski definition) is 3. The second-order valence-electron chi connectivity index (χ2n) is 6.86. The van der Waals surface area contributed by atoms with Crippen molar-refractivity contribution in [3.05, 3.63) is 21.4 Å². The van der Waals surface area contributed by atoms with Crippen LogP contribution in [0.3, 0.4) is 0 Å². The third kappa shape index (κ3) is 3.51. The summed E-state index contributed by atoms with van der Waals surface area (Å²) in [4.78, 5) is 31.4. The van der Waals surface area contributed by atoms with Gasteiger partial charge in [0.05, 0.1) is 4.88 Å². The van der Waals surface area contributed by atoms with Crippen molar-refractivity contribution in [3.8, 4) is 0 Å². The van der Waals surface area contributed by atoms with E-state index in [0.717, 1.165) is 63.2 Å². The number of fused-ring (bicyclic) bond motifs is 1. The second-order valence-corrected chi connectivity index (χ2v) is 8.00. The van der Waals surface area contributed by atoms with Crippen molar-refractivity contribution in [1.82, 2.24) is 9.80 Å². The normalized spacial score (nSPS) is 20.6. The molecule has 0 bridgehead atoms. The van der Waals surface area contributed by atoms with E-state index in [0.29, 0.717) is 5.91 Å². The van der Waals surface area contributed by atoms with Crippen molar-refractivity contribution in [1.29, 1.82) is 0 Å². The highest BCUT2D eigenvalue weighted by molar-refractivity contribution is 7.14. The molecule has 1 aromatic heterocycles. The Balaban J connectivity index is 1.69. The Morgan fingerprint density at radius 3 is 2.58 bits per heavy atom. The standard InChI is InChI=1S/C19H28N2O2S/c1-3-20(4-2)19(23)17-13-15-12-14(8-9-16(15)24-17)18(22)21-10-6-5-7-11-21/h13-14H,3-12H2,1-2H3. The zero-order chi connectivity index (χ0) is 17.1. The summed E-state index contributed by atoms with van der Waals surface area (Å²) in [6.07, 6.45) is 6.22. The third-order valence-electron chi connectivity index (χ3n) is 5.36. The molecule has 5 heteroatoms. The first-order valence-electron chi connectivity index (χ1n) is 9.33. The fourth-order valence-corrected chi connectivity index (χ4v) is 5.06. The van der Waals surface area contributed by atoms with Crippen LogP contribution in [-0.4, -0.2) is 47.8 Å². The van der Waals surface area contributed by atoms with E-state index in [1.165, 1.54) is 16.9 Å². The molecular formula is C19H28N2O2S. The van der Waals surface area contributed by atoms with Crippen LogP contribution in [0.2, 0.25) is 0 Å². The molecule has 1 unspecified atom stereocenters. The van der Waals surface area contributed by atoms with Crippen LogP contribution in [0.25, 0.3) is 0 Å². The molecule has 1 aliphatic carbocycles. The Labute approximate surface area is 148 Å². The van der Waals surface area contributed by atoms with Gasteiger partial charge in [-0.1, -0.05) is 0 Å². The van der Waals surface area contributed by atoms with Gasteiger partial charge < -0.3 is 9.80 Å². The van der Waals surface area contributed by atoms with Gasteiger partial charge in [-0.2, -0.15) is 0 Å². The molecule has 132 valence electrons. The Hall–Kier alpha value is -1.36. The maximum atomic E-state index is 12.8. The number of carbonyl (C=O) groups is 2. The molecule has 0 saturated carbocycles. The summed E-state index contributed by atoms with van der Waals surface area (Å²) in [5.41, 5.74) is 1.23. The van der Waals surface area contributed by atoms with E-state index < -0.39 is 0 Å². The first-order chi connectivity index (χ1) is 11.6. The summed E-state index contributed by atoms with van der Waals surface area (Å²) < 4.78 is 0. The molecule has 1 aliphatic heterocycles. The molecule has 0 spiro atoms. The van der Waals surface area contributed by atoms with Gasteiger partial charge in [-0.15, -0.1) is 11.3 Å². The van der Waals surface area contributed by atoms with Crippen LogP contribution in [0.1, 0.15) is 59.6 Å². The number of piperidine rings is 1. The van der Waals surface area contributed by atoms with Crippen LogP contribution >= 0.6 is 11.3 Å². The van der Waals surface area contributed by atoms with Crippen molar-refractivity contribution >= 4 is 23.2 Å². The van der Waals surface area contributed by atoms with Crippen LogP contribution in [0.15, 0.2) is 6.07 Å². The number of nitrogens with zero attached hydrogens (tertiary/aromatic N) is 2. The molecule has 24 heavy (non-hydrogen) atoms. The summed E-state index contributed by atoms with van der Waals surface area (Å²) in [5, 5.41) is 0. The molecule has 2 heterocycles. The molecule has 2 aliphatic rings. The van der Waals surface area contributed by atoms with Gasteiger partial charge in [0.2, 0.25) is 5.91 Å². The molecule has 3 rings (SSSR count). The number of amides is 2. The number of likely N-dealkylation sites (tertiary alicyclic amines) is 1. The van der Waals surface area contributed by atoms with Crippen molar-refractivity contribution in [3.63, 3.8) is 0 Å². The minimum absolute atomic E-state index is 0.113. The highest BCUT2D eigenvalue weighted by Crippen LogP contribution is 2.34. The third-order valence-corrected chi connectivity index (χ3v) is 6.59. The quantitative estimate of drug-likeness (QED) is 0.837. The lowest BCUT2D eigenvalue weighted by molar-refractivity contribution is -0.136. The number of hydrogen-bond donors (Lipinski definition) is 0. The van der Waals surface area contributed by atoms with Gasteiger partial charge in [0.1, 0.15) is 0 Å². The smallest absolute Gasteiger partial charge is 0.263 e. The van der Waals surface area contributed by atoms with Crippen molar-refractivity contribution in [2.24, 2.45) is 5.92 Å². The van der Waals surface area contributed by atoms with Crippen LogP contribution in [0, 0.1) is 5.92 Å². The predicted molar refractivity (Wildman–Crippen MR) is 97.5 cm³/mol. The summed E-state index contributed by atoms with van der Waals surface area (Å²) in [7, 11) is 0. The highest BCUT2D eigenvalue weighted by atomic mass is 32.1. The first kappa shape index (κ1) is 17.5. The second kappa shape index (κ2) is 7.68. The van der Waals surface area contributed by atoms with E-state index in [1.807, 2.05) is 18.7 Å². The van der Waals surface area contributed by atoms with Gasteiger partial charge in [-0.3, -0.25) is 9.59 Å². The molecule has 4 nitrogen and oxygen atoms in total. The largest absolute Gasteiger partial charge is 0.342 e. The topological polar surface area (TPSA) is 40.6 Å². The molecule has 0 N–H and O–H groups in total. The average molecular weight is 349 g/mol. The SMILES string of the molecule is CCN(CC)C(=O)c1cc2c(s1)CCC(C(=O)N1CCCCC1)C2. The van der Waals surface area contributed by atoms with Crippen LogP contribution in [-0.2, 0) is 17.6 Å². The van der Waals surface area contributed by atoms with Crippen molar-refractivity contribution in [2.75, 3.05) is 26.2 Å². The van der Waals surface area contributed by atoms with Crippen LogP contribution < -0.4 is 0 Å². The Morgan fingerprint density at radius 1 is 1.21 bits per heavy atom. The van der Waals surface area contributed by atoms with Crippen LogP contribution in [0.5, 0.6) is 0 Å². The van der Waals surface area contributed by atoms with E-state index >= 15 is 0 Å². The van der Waals surface area contributed by atoms with E-state index in [2.05, 4.69) is 11.0 Å². The molecule has 0 aromatic carbocycles. The zero-order valence-corrected chi connectivity index (χ0v) is 15.7. The number of thiophene rings is 1. The van der Waals surface area contributed by atoms with Gasteiger partial charge in [-0.25, -0.2) is 0 Å². The molecule has 2 amide bonds. The minimum atomic E-state index is 0.113. The molecule has 1 atom stereocenters. The zero-order valence-electron chi connectivity index (χ0n) is 14.8. The lowest BCUT2D eigenvalue weighted by Gasteiger charge is -2.31. The molecule has 1 aromatic rings. The monoisotopic (exact) mass is 348 g/mol. The maximum Gasteiger partial charge on any atom is 0.263 e. The molecular weight excluding hydrogens is 320 g/mol. The Bertz CT molecular complexity index is 601. The number of aryl methyl sites for hydroxylation is 1. The van der Waals surface area contributed by atoms with Gasteiger partial charge >= 0.3 is 0 Å².